The Morgan fingerprint density at radius 3 is 2.76 bits per heavy atom. The summed E-state index contributed by atoms with van der Waals surface area (Å²) in [5, 5.41) is 0. The average molecular weight is 238 g/mol. The molecule has 1 amide bonds. The van der Waals surface area contributed by atoms with E-state index < -0.39 is 0 Å². The minimum Gasteiger partial charge on any atom is -0.371 e. The van der Waals surface area contributed by atoms with Crippen molar-refractivity contribution in [3.05, 3.63) is 0 Å². The second kappa shape index (κ2) is 4.58. The summed E-state index contributed by atoms with van der Waals surface area (Å²) in [5.74, 6) is 2.08. The first kappa shape index (κ1) is 11.5. The van der Waals surface area contributed by atoms with E-state index in [1.807, 2.05) is 4.90 Å². The summed E-state index contributed by atoms with van der Waals surface area (Å²) >= 11 is 0. The molecule has 3 unspecified atom stereocenters. The summed E-state index contributed by atoms with van der Waals surface area (Å²) in [7, 11) is 0. The molecular weight excluding hydrogens is 216 g/mol. The number of hydrogen-bond donors (Lipinski definition) is 1. The lowest BCUT2D eigenvalue weighted by molar-refractivity contribution is -0.135. The molecule has 0 bridgehead atoms. The number of nitrogens with zero attached hydrogens (tertiary/aromatic N) is 1. The molecule has 3 aliphatic rings. The number of likely N-dealkylation sites (tertiary alicyclic amines) is 1. The zero-order valence-corrected chi connectivity index (χ0v) is 10.3. The van der Waals surface area contributed by atoms with E-state index in [2.05, 4.69) is 0 Å². The van der Waals surface area contributed by atoms with Crippen LogP contribution in [0.3, 0.4) is 0 Å². The van der Waals surface area contributed by atoms with Gasteiger partial charge in [0.2, 0.25) is 5.91 Å². The predicted molar refractivity (Wildman–Crippen MR) is 64.3 cm³/mol. The molecule has 0 aromatic rings. The summed E-state index contributed by atoms with van der Waals surface area (Å²) in [6.07, 6.45) is 4.88. The molecule has 2 aliphatic carbocycles. The summed E-state index contributed by atoms with van der Waals surface area (Å²) in [4.78, 5) is 13.9. The Morgan fingerprint density at radius 2 is 2.06 bits per heavy atom. The van der Waals surface area contributed by atoms with Crippen LogP contribution in [0.5, 0.6) is 0 Å². The topological polar surface area (TPSA) is 55.6 Å². The van der Waals surface area contributed by atoms with Crippen molar-refractivity contribution in [3.63, 3.8) is 0 Å². The molecule has 0 radical (unpaired) electrons. The highest BCUT2D eigenvalue weighted by Crippen LogP contribution is 2.37. The van der Waals surface area contributed by atoms with Gasteiger partial charge >= 0.3 is 0 Å². The Bertz CT molecular complexity index is 304. The second-order valence-electron chi connectivity index (χ2n) is 5.92. The van der Waals surface area contributed by atoms with Gasteiger partial charge < -0.3 is 15.4 Å². The lowest BCUT2D eigenvalue weighted by atomic mass is 9.98. The highest BCUT2D eigenvalue weighted by Gasteiger charge is 2.42. The maximum absolute atomic E-state index is 11.9. The lowest BCUT2D eigenvalue weighted by Crippen LogP contribution is -2.35. The maximum Gasteiger partial charge on any atom is 0.248 e. The van der Waals surface area contributed by atoms with Crippen LogP contribution in [-0.2, 0) is 9.53 Å². The van der Waals surface area contributed by atoms with Gasteiger partial charge in [-0.25, -0.2) is 0 Å². The summed E-state index contributed by atoms with van der Waals surface area (Å²) in [6.45, 7) is 2.80. The Kier molecular flexibility index (Phi) is 3.09. The fraction of sp³-hybridized carbons (Fsp3) is 0.923. The molecule has 0 aromatic heterocycles. The summed E-state index contributed by atoms with van der Waals surface area (Å²) < 4.78 is 5.46. The van der Waals surface area contributed by atoms with E-state index in [9.17, 15) is 4.79 Å². The molecule has 3 rings (SSSR count). The first-order chi connectivity index (χ1) is 8.24. The molecule has 2 saturated carbocycles. The van der Waals surface area contributed by atoms with Gasteiger partial charge in [0.25, 0.3) is 0 Å². The van der Waals surface area contributed by atoms with Crippen LogP contribution in [0.1, 0.15) is 25.7 Å². The number of carbonyl (C=O) groups is 1. The molecule has 0 spiro atoms. The SMILES string of the molecule is NC1CCC2CN(C(=O)COCC3CC3)CC12. The smallest absolute Gasteiger partial charge is 0.248 e. The van der Waals surface area contributed by atoms with Crippen LogP contribution in [0.15, 0.2) is 0 Å². The van der Waals surface area contributed by atoms with Crippen molar-refractivity contribution < 1.29 is 9.53 Å². The number of carbonyl (C=O) groups excluding carboxylic acids is 1. The van der Waals surface area contributed by atoms with Gasteiger partial charge in [-0.2, -0.15) is 0 Å². The fourth-order valence-electron chi connectivity index (χ4n) is 3.20. The number of ether oxygens (including phenoxy) is 1. The Balaban J connectivity index is 1.43. The predicted octanol–water partition coefficient (Wildman–Crippen LogP) is 0.609. The zero-order chi connectivity index (χ0) is 11.8. The molecule has 3 fully saturated rings. The molecule has 1 aliphatic heterocycles. The standard InChI is InChI=1S/C13H22N2O2/c14-12-4-3-10-5-15(6-11(10)12)13(16)8-17-7-9-1-2-9/h9-12H,1-8,14H2. The molecular formula is C13H22N2O2. The molecule has 1 heterocycles. The van der Waals surface area contributed by atoms with E-state index in [1.165, 1.54) is 19.3 Å². The van der Waals surface area contributed by atoms with Crippen molar-refractivity contribution in [3.8, 4) is 0 Å². The number of amides is 1. The molecule has 17 heavy (non-hydrogen) atoms. The second-order valence-corrected chi connectivity index (χ2v) is 5.92. The van der Waals surface area contributed by atoms with E-state index in [0.717, 1.165) is 32.0 Å². The third kappa shape index (κ3) is 2.47. The molecule has 2 N–H and O–H groups in total. The monoisotopic (exact) mass is 238 g/mol. The molecule has 1 saturated heterocycles. The largest absolute Gasteiger partial charge is 0.371 e. The summed E-state index contributed by atoms with van der Waals surface area (Å²) in [5.41, 5.74) is 6.06. The van der Waals surface area contributed by atoms with Gasteiger partial charge in [0.15, 0.2) is 0 Å². The van der Waals surface area contributed by atoms with Crippen LogP contribution in [0.2, 0.25) is 0 Å². The quantitative estimate of drug-likeness (QED) is 0.780. The number of nitrogens with two attached hydrogens (primary N) is 1. The number of fused-ring (bicyclic) bond motifs is 1. The summed E-state index contributed by atoms with van der Waals surface area (Å²) in [6, 6.07) is 0.310. The molecule has 3 atom stereocenters. The first-order valence-corrected chi connectivity index (χ1v) is 6.85. The highest BCUT2D eigenvalue weighted by atomic mass is 16.5. The van der Waals surface area contributed by atoms with E-state index in [0.29, 0.717) is 17.9 Å². The van der Waals surface area contributed by atoms with Crippen molar-refractivity contribution >= 4 is 5.91 Å². The molecule has 0 aromatic carbocycles. The van der Waals surface area contributed by atoms with Crippen molar-refractivity contribution in [2.75, 3.05) is 26.3 Å². The van der Waals surface area contributed by atoms with E-state index in [4.69, 9.17) is 10.5 Å². The van der Waals surface area contributed by atoms with Gasteiger partial charge in [0, 0.05) is 19.1 Å². The van der Waals surface area contributed by atoms with Gasteiger partial charge in [-0.05, 0) is 43.4 Å². The number of rotatable bonds is 4. The van der Waals surface area contributed by atoms with Crippen molar-refractivity contribution in [1.82, 2.24) is 4.90 Å². The lowest BCUT2D eigenvalue weighted by Gasteiger charge is -2.18. The number of hydrogen-bond acceptors (Lipinski definition) is 3. The molecule has 96 valence electrons. The van der Waals surface area contributed by atoms with Crippen molar-refractivity contribution in [2.24, 2.45) is 23.5 Å². The van der Waals surface area contributed by atoms with Crippen LogP contribution in [0, 0.1) is 17.8 Å². The van der Waals surface area contributed by atoms with Crippen LogP contribution in [0.25, 0.3) is 0 Å². The Labute approximate surface area is 102 Å². The van der Waals surface area contributed by atoms with Gasteiger partial charge in [-0.3, -0.25) is 4.79 Å². The average Bonchev–Trinajstić information content (AvgIpc) is 2.92. The van der Waals surface area contributed by atoms with E-state index in [-0.39, 0.29) is 12.5 Å². The van der Waals surface area contributed by atoms with Crippen LogP contribution < -0.4 is 5.73 Å². The zero-order valence-electron chi connectivity index (χ0n) is 10.3. The third-order valence-corrected chi connectivity index (χ3v) is 4.54. The van der Waals surface area contributed by atoms with Crippen molar-refractivity contribution in [1.29, 1.82) is 0 Å². The van der Waals surface area contributed by atoms with Gasteiger partial charge in [0.1, 0.15) is 6.61 Å². The van der Waals surface area contributed by atoms with E-state index >= 15 is 0 Å². The van der Waals surface area contributed by atoms with Crippen LogP contribution in [0.4, 0.5) is 0 Å². The highest BCUT2D eigenvalue weighted by molar-refractivity contribution is 5.77. The normalized spacial score (nSPS) is 36.3. The maximum atomic E-state index is 11.9. The molecule has 4 nitrogen and oxygen atoms in total. The van der Waals surface area contributed by atoms with Gasteiger partial charge in [0.05, 0.1) is 6.61 Å². The fourth-order valence-corrected chi connectivity index (χ4v) is 3.20. The van der Waals surface area contributed by atoms with Crippen molar-refractivity contribution in [2.45, 2.75) is 31.7 Å². The first-order valence-electron chi connectivity index (χ1n) is 6.85. The van der Waals surface area contributed by atoms with Gasteiger partial charge in [-0.1, -0.05) is 0 Å². The van der Waals surface area contributed by atoms with Crippen LogP contribution in [-0.4, -0.2) is 43.2 Å². The third-order valence-electron chi connectivity index (χ3n) is 4.54. The minimum absolute atomic E-state index is 0.159. The van der Waals surface area contributed by atoms with Crippen LogP contribution >= 0.6 is 0 Å². The Morgan fingerprint density at radius 1 is 1.24 bits per heavy atom. The minimum atomic E-state index is 0.159. The van der Waals surface area contributed by atoms with Gasteiger partial charge in [-0.15, -0.1) is 0 Å². The Hall–Kier alpha value is -0.610. The molecule has 4 heteroatoms. The van der Waals surface area contributed by atoms with E-state index in [1.54, 1.807) is 0 Å².